The minimum atomic E-state index is -0.694. The Morgan fingerprint density at radius 3 is 2.97 bits per heavy atom. The van der Waals surface area contributed by atoms with Gasteiger partial charge in [0.15, 0.2) is 0 Å². The van der Waals surface area contributed by atoms with Crippen molar-refractivity contribution in [2.75, 3.05) is 19.6 Å². The number of carbonyl (C=O) groups excluding carboxylic acids is 2. The van der Waals surface area contributed by atoms with E-state index >= 15 is 0 Å². The van der Waals surface area contributed by atoms with Gasteiger partial charge in [-0.25, -0.2) is 9.78 Å². The molecule has 170 valence electrons. The molecule has 3 aromatic rings. The number of β-amino-alcohol motifs (C(OH)–C–C–N with tert-alkyl or cyclic N) is 1. The van der Waals surface area contributed by atoms with Crippen molar-refractivity contribution in [2.45, 2.75) is 32.1 Å². The first kappa shape index (κ1) is 21.2. The SMILES string of the molecule is Cc1c([C@H](O)CN2CC[C@@H](NC(=O)c3ccc(-n4cnnn4)cn3)C2)ccc2c1COC2=O. The van der Waals surface area contributed by atoms with Crippen LogP contribution < -0.4 is 5.32 Å². The average Bonchev–Trinajstić information content (AvgIpc) is 3.57. The predicted octanol–water partition coefficient (Wildman–Crippen LogP) is 0.574. The first-order chi connectivity index (χ1) is 16.0. The number of tetrazole rings is 1. The standard InChI is InChI=1S/C22H23N7O4/c1-13-16(3-4-17-18(13)11-33-22(17)32)20(30)10-28-7-6-14(9-28)25-21(31)19-5-2-15(8-23-19)29-12-24-26-27-29/h2-5,8,12,14,20,30H,6-7,9-11H2,1H3,(H,25,31)/t14-,20-/m1/s1. The Bertz CT molecular complexity index is 1180. The molecule has 0 bridgehead atoms. The molecule has 0 radical (unpaired) electrons. The smallest absolute Gasteiger partial charge is 0.338 e. The van der Waals surface area contributed by atoms with Gasteiger partial charge in [0.25, 0.3) is 5.91 Å². The summed E-state index contributed by atoms with van der Waals surface area (Å²) in [5, 5.41) is 24.8. The molecule has 11 heteroatoms. The number of amides is 1. The molecular weight excluding hydrogens is 426 g/mol. The minimum Gasteiger partial charge on any atom is -0.457 e. The van der Waals surface area contributed by atoms with Crippen molar-refractivity contribution < 1.29 is 19.4 Å². The Morgan fingerprint density at radius 1 is 1.33 bits per heavy atom. The molecule has 1 aromatic carbocycles. The van der Waals surface area contributed by atoms with Crippen LogP contribution in [0.15, 0.2) is 36.8 Å². The number of hydrogen-bond donors (Lipinski definition) is 2. The van der Waals surface area contributed by atoms with E-state index in [1.807, 2.05) is 6.92 Å². The van der Waals surface area contributed by atoms with Crippen LogP contribution in [0.2, 0.25) is 0 Å². The third-order valence-corrected chi connectivity index (χ3v) is 6.20. The molecule has 4 heterocycles. The van der Waals surface area contributed by atoms with Crippen LogP contribution in [-0.4, -0.2) is 72.8 Å². The molecule has 2 aliphatic heterocycles. The van der Waals surface area contributed by atoms with E-state index in [0.29, 0.717) is 30.0 Å². The van der Waals surface area contributed by atoms with E-state index in [1.165, 1.54) is 11.0 Å². The van der Waals surface area contributed by atoms with Gasteiger partial charge in [-0.2, -0.15) is 4.68 Å². The van der Waals surface area contributed by atoms with E-state index < -0.39 is 6.10 Å². The number of hydrogen-bond acceptors (Lipinski definition) is 9. The zero-order valence-corrected chi connectivity index (χ0v) is 18.0. The quantitative estimate of drug-likeness (QED) is 0.518. The number of benzene rings is 1. The van der Waals surface area contributed by atoms with Crippen LogP contribution in [0.25, 0.3) is 5.69 Å². The van der Waals surface area contributed by atoms with Crippen molar-refractivity contribution in [1.82, 2.24) is 35.4 Å². The molecule has 0 unspecified atom stereocenters. The normalized spacial score (nSPS) is 18.7. The molecule has 2 aromatic heterocycles. The summed E-state index contributed by atoms with van der Waals surface area (Å²) >= 11 is 0. The third kappa shape index (κ3) is 4.20. The molecule has 0 aliphatic carbocycles. The average molecular weight is 449 g/mol. The number of ether oxygens (including phenoxy) is 1. The number of rotatable bonds is 6. The Balaban J connectivity index is 1.17. The van der Waals surface area contributed by atoms with E-state index in [9.17, 15) is 14.7 Å². The fraction of sp³-hybridized carbons (Fsp3) is 0.364. The summed E-state index contributed by atoms with van der Waals surface area (Å²) in [5.74, 6) is -0.559. The second kappa shape index (κ2) is 8.68. The fourth-order valence-corrected chi connectivity index (χ4v) is 4.38. The highest BCUT2D eigenvalue weighted by Gasteiger charge is 2.29. The Morgan fingerprint density at radius 2 is 2.21 bits per heavy atom. The van der Waals surface area contributed by atoms with Crippen LogP contribution >= 0.6 is 0 Å². The third-order valence-electron chi connectivity index (χ3n) is 6.20. The number of carbonyl (C=O) groups is 2. The van der Waals surface area contributed by atoms with Crippen LogP contribution in [0.5, 0.6) is 0 Å². The summed E-state index contributed by atoms with van der Waals surface area (Å²) in [6.45, 7) is 4.00. The molecule has 11 nitrogen and oxygen atoms in total. The predicted molar refractivity (Wildman–Crippen MR) is 115 cm³/mol. The summed E-state index contributed by atoms with van der Waals surface area (Å²) in [7, 11) is 0. The van der Waals surface area contributed by atoms with Gasteiger partial charge >= 0.3 is 5.97 Å². The summed E-state index contributed by atoms with van der Waals surface area (Å²) < 4.78 is 6.56. The number of esters is 1. The summed E-state index contributed by atoms with van der Waals surface area (Å²) in [4.78, 5) is 30.7. The van der Waals surface area contributed by atoms with Crippen molar-refractivity contribution in [1.29, 1.82) is 0 Å². The number of nitrogens with zero attached hydrogens (tertiary/aromatic N) is 6. The van der Waals surface area contributed by atoms with Gasteiger partial charge < -0.3 is 15.2 Å². The van der Waals surface area contributed by atoms with E-state index in [4.69, 9.17) is 4.74 Å². The van der Waals surface area contributed by atoms with Gasteiger partial charge in [0.05, 0.1) is 23.6 Å². The van der Waals surface area contributed by atoms with Gasteiger partial charge in [-0.15, -0.1) is 5.10 Å². The second-order valence-corrected chi connectivity index (χ2v) is 8.27. The summed E-state index contributed by atoms with van der Waals surface area (Å²) in [6.07, 6.45) is 3.09. The molecule has 0 spiro atoms. The molecule has 1 amide bonds. The van der Waals surface area contributed by atoms with Gasteiger partial charge in [0.1, 0.15) is 18.6 Å². The maximum Gasteiger partial charge on any atom is 0.338 e. The van der Waals surface area contributed by atoms with Gasteiger partial charge in [0.2, 0.25) is 0 Å². The summed E-state index contributed by atoms with van der Waals surface area (Å²) in [6, 6.07) is 6.85. The highest BCUT2D eigenvalue weighted by molar-refractivity contribution is 5.94. The molecule has 2 aliphatic rings. The molecule has 2 N–H and O–H groups in total. The lowest BCUT2D eigenvalue weighted by Crippen LogP contribution is -2.38. The zero-order chi connectivity index (χ0) is 22.9. The second-order valence-electron chi connectivity index (χ2n) is 8.27. The van der Waals surface area contributed by atoms with Crippen molar-refractivity contribution in [2.24, 2.45) is 0 Å². The minimum absolute atomic E-state index is 0.0298. The number of likely N-dealkylation sites (tertiary alicyclic amines) is 1. The Labute approximate surface area is 189 Å². The largest absolute Gasteiger partial charge is 0.457 e. The van der Waals surface area contributed by atoms with Gasteiger partial charge in [-0.05, 0) is 53.1 Å². The van der Waals surface area contributed by atoms with Gasteiger partial charge in [0, 0.05) is 31.2 Å². The first-order valence-electron chi connectivity index (χ1n) is 10.7. The zero-order valence-electron chi connectivity index (χ0n) is 18.0. The fourth-order valence-electron chi connectivity index (χ4n) is 4.38. The Hall–Kier alpha value is -3.70. The number of aromatic nitrogens is 5. The van der Waals surface area contributed by atoms with E-state index in [1.54, 1.807) is 30.5 Å². The molecule has 1 saturated heterocycles. The number of nitrogens with one attached hydrogen (secondary N) is 1. The summed E-state index contributed by atoms with van der Waals surface area (Å²) in [5.41, 5.74) is 4.09. The van der Waals surface area contributed by atoms with Crippen LogP contribution in [0, 0.1) is 6.92 Å². The number of aliphatic hydroxyl groups is 1. The van der Waals surface area contributed by atoms with Crippen molar-refractivity contribution >= 4 is 11.9 Å². The molecule has 33 heavy (non-hydrogen) atoms. The molecular formula is C22H23N7O4. The first-order valence-corrected chi connectivity index (χ1v) is 10.7. The monoisotopic (exact) mass is 449 g/mol. The lowest BCUT2D eigenvalue weighted by Gasteiger charge is -2.22. The van der Waals surface area contributed by atoms with Gasteiger partial charge in [-0.3, -0.25) is 9.69 Å². The van der Waals surface area contributed by atoms with Crippen molar-refractivity contribution in [3.05, 3.63) is 64.7 Å². The van der Waals surface area contributed by atoms with E-state index in [0.717, 1.165) is 29.7 Å². The maximum atomic E-state index is 12.6. The van der Waals surface area contributed by atoms with Crippen LogP contribution in [0.3, 0.4) is 0 Å². The van der Waals surface area contributed by atoms with Crippen LogP contribution in [-0.2, 0) is 11.3 Å². The van der Waals surface area contributed by atoms with Crippen molar-refractivity contribution in [3.8, 4) is 5.69 Å². The molecule has 1 fully saturated rings. The van der Waals surface area contributed by atoms with E-state index in [-0.39, 0.29) is 24.5 Å². The van der Waals surface area contributed by atoms with Crippen molar-refractivity contribution in [3.63, 3.8) is 0 Å². The maximum absolute atomic E-state index is 12.6. The topological polar surface area (TPSA) is 135 Å². The Kier molecular flexibility index (Phi) is 5.56. The molecule has 0 saturated carbocycles. The van der Waals surface area contributed by atoms with E-state index in [2.05, 4.69) is 30.7 Å². The number of aliphatic hydroxyl groups excluding tert-OH is 1. The molecule has 2 atom stereocenters. The highest BCUT2D eigenvalue weighted by Crippen LogP contribution is 2.29. The van der Waals surface area contributed by atoms with Crippen LogP contribution in [0.1, 0.15) is 50.1 Å². The molecule has 5 rings (SSSR count). The van der Waals surface area contributed by atoms with Gasteiger partial charge in [-0.1, -0.05) is 6.07 Å². The lowest BCUT2D eigenvalue weighted by molar-refractivity contribution is 0.0534. The lowest BCUT2D eigenvalue weighted by atomic mass is 9.95. The number of cyclic esters (lactones) is 1. The number of pyridine rings is 1. The highest BCUT2D eigenvalue weighted by atomic mass is 16.5. The number of fused-ring (bicyclic) bond motifs is 1. The van der Waals surface area contributed by atoms with Crippen LogP contribution in [0.4, 0.5) is 0 Å².